The van der Waals surface area contributed by atoms with Crippen LogP contribution in [0.1, 0.15) is 41.1 Å². The maximum Gasteiger partial charge on any atom is 0.354 e. The molecule has 1 unspecified atom stereocenters. The van der Waals surface area contributed by atoms with Gasteiger partial charge in [0.15, 0.2) is 11.3 Å². The molecule has 2 aliphatic heterocycles. The van der Waals surface area contributed by atoms with E-state index < -0.39 is 11.8 Å². The minimum Gasteiger partial charge on any atom is -0.477 e. The molecule has 4 aromatic rings. The zero-order valence-corrected chi connectivity index (χ0v) is 22.8. The molecule has 0 spiro atoms. The Balaban J connectivity index is 1.11. The predicted octanol–water partition coefficient (Wildman–Crippen LogP) is 3.36. The lowest BCUT2D eigenvalue weighted by molar-refractivity contribution is -0.0593. The second-order valence-electron chi connectivity index (χ2n) is 10.3. The van der Waals surface area contributed by atoms with Crippen molar-refractivity contribution in [1.82, 2.24) is 29.2 Å². The molecule has 1 atom stereocenters. The van der Waals surface area contributed by atoms with Crippen molar-refractivity contribution in [1.29, 1.82) is 0 Å². The predicted molar refractivity (Wildman–Crippen MR) is 147 cm³/mol. The van der Waals surface area contributed by atoms with Gasteiger partial charge in [-0.1, -0.05) is 17.7 Å². The van der Waals surface area contributed by atoms with Crippen LogP contribution in [0.15, 0.2) is 47.3 Å². The van der Waals surface area contributed by atoms with Crippen LogP contribution in [0.4, 0.5) is 4.39 Å². The highest BCUT2D eigenvalue weighted by Gasteiger charge is 2.26. The van der Waals surface area contributed by atoms with E-state index in [-0.39, 0.29) is 35.0 Å². The topological polar surface area (TPSA) is 125 Å². The van der Waals surface area contributed by atoms with Gasteiger partial charge in [-0.3, -0.25) is 9.69 Å². The number of pyridine rings is 1. The number of aromatic nitrogens is 5. The van der Waals surface area contributed by atoms with Crippen molar-refractivity contribution in [3.05, 3.63) is 80.7 Å². The monoisotopic (exact) mass is 582 g/mol. The molecule has 0 radical (unpaired) electrons. The molecule has 2 aliphatic rings. The number of aromatic carboxylic acids is 1. The Hall–Kier alpha value is -3.87. The smallest absolute Gasteiger partial charge is 0.354 e. The number of piperidine rings is 1. The number of rotatable bonds is 9. The Kier molecular flexibility index (Phi) is 7.69. The number of fused-ring (bicyclic) bond motifs is 1. The number of likely N-dealkylation sites (tertiary alicyclic amines) is 1. The van der Waals surface area contributed by atoms with Gasteiger partial charge in [0, 0.05) is 42.4 Å². The van der Waals surface area contributed by atoms with Gasteiger partial charge < -0.3 is 19.1 Å². The van der Waals surface area contributed by atoms with Gasteiger partial charge in [-0.25, -0.2) is 23.8 Å². The molecule has 0 bridgehead atoms. The van der Waals surface area contributed by atoms with Crippen LogP contribution in [-0.4, -0.2) is 72.2 Å². The summed E-state index contributed by atoms with van der Waals surface area (Å²) in [6, 6.07) is 10.4. The summed E-state index contributed by atoms with van der Waals surface area (Å²) in [4.78, 5) is 35.2. The number of imidazole rings is 1. The van der Waals surface area contributed by atoms with Crippen LogP contribution in [0.2, 0.25) is 5.02 Å². The highest BCUT2D eigenvalue weighted by atomic mass is 35.5. The maximum atomic E-state index is 14.2. The lowest BCUT2D eigenvalue weighted by Crippen LogP contribution is -2.39. The first kappa shape index (κ1) is 27.3. The molecule has 6 rings (SSSR count). The van der Waals surface area contributed by atoms with E-state index in [1.807, 2.05) is 4.57 Å². The van der Waals surface area contributed by atoms with Crippen LogP contribution in [0.3, 0.4) is 0 Å². The van der Waals surface area contributed by atoms with Crippen molar-refractivity contribution in [2.24, 2.45) is 0 Å². The van der Waals surface area contributed by atoms with Crippen molar-refractivity contribution >= 4 is 28.7 Å². The fraction of sp³-hybridized carbons (Fsp3) is 0.393. The van der Waals surface area contributed by atoms with E-state index in [0.717, 1.165) is 44.8 Å². The largest absolute Gasteiger partial charge is 0.477 e. The van der Waals surface area contributed by atoms with E-state index in [1.165, 1.54) is 35.0 Å². The van der Waals surface area contributed by atoms with Crippen LogP contribution in [0.25, 0.3) is 11.2 Å². The summed E-state index contributed by atoms with van der Waals surface area (Å²) in [5.74, 6) is -0.463. The molecule has 3 aromatic heterocycles. The number of hydrogen-bond acceptors (Lipinski definition) is 8. The van der Waals surface area contributed by atoms with E-state index in [9.17, 15) is 19.1 Å². The molecule has 0 saturated carbocycles. The minimum atomic E-state index is -1.08. The average Bonchev–Trinajstić information content (AvgIpc) is 3.26. The van der Waals surface area contributed by atoms with Crippen LogP contribution < -0.4 is 10.3 Å². The first-order chi connectivity index (χ1) is 19.8. The molecule has 0 amide bonds. The zero-order chi connectivity index (χ0) is 28.5. The number of carboxylic acids is 1. The minimum absolute atomic E-state index is 0.0177. The lowest BCUT2D eigenvalue weighted by Gasteiger charge is -2.32. The van der Waals surface area contributed by atoms with E-state index in [1.54, 1.807) is 12.1 Å². The van der Waals surface area contributed by atoms with Crippen molar-refractivity contribution in [2.45, 2.75) is 51.1 Å². The number of carboxylic acid groups (broad SMARTS) is 1. The molecule has 5 heterocycles. The van der Waals surface area contributed by atoms with Gasteiger partial charge in [-0.2, -0.15) is 0 Å². The summed E-state index contributed by atoms with van der Waals surface area (Å²) in [6.07, 6.45) is 2.38. The quantitative estimate of drug-likeness (QED) is 0.316. The van der Waals surface area contributed by atoms with E-state index >= 15 is 0 Å². The van der Waals surface area contributed by atoms with E-state index in [4.69, 9.17) is 26.1 Å². The highest BCUT2D eigenvalue weighted by molar-refractivity contribution is 6.30. The van der Waals surface area contributed by atoms with Gasteiger partial charge in [0.05, 0.1) is 25.7 Å². The van der Waals surface area contributed by atoms with Gasteiger partial charge >= 0.3 is 5.97 Å². The molecule has 41 heavy (non-hydrogen) atoms. The molecule has 13 heteroatoms. The third-order valence-corrected chi connectivity index (χ3v) is 7.67. The number of hydrogen-bond donors (Lipinski definition) is 1. The van der Waals surface area contributed by atoms with Gasteiger partial charge in [0.1, 0.15) is 23.3 Å². The van der Waals surface area contributed by atoms with Gasteiger partial charge in [0.25, 0.3) is 5.56 Å². The highest BCUT2D eigenvalue weighted by Crippen LogP contribution is 2.24. The molecule has 1 N–H and O–H groups in total. The molecule has 1 aromatic carbocycles. The second kappa shape index (κ2) is 11.6. The van der Waals surface area contributed by atoms with Crippen LogP contribution in [-0.2, 0) is 24.4 Å². The Bertz CT molecular complexity index is 1650. The van der Waals surface area contributed by atoms with Gasteiger partial charge in [0.2, 0.25) is 5.88 Å². The number of halogens is 2. The molecule has 2 saturated heterocycles. The fourth-order valence-electron chi connectivity index (χ4n) is 5.09. The third kappa shape index (κ3) is 6.09. The Labute approximate surface area is 239 Å². The summed E-state index contributed by atoms with van der Waals surface area (Å²) >= 11 is 5.83. The maximum absolute atomic E-state index is 14.2. The van der Waals surface area contributed by atoms with Gasteiger partial charge in [-0.15, -0.1) is 5.10 Å². The number of benzene rings is 1. The van der Waals surface area contributed by atoms with E-state index in [0.29, 0.717) is 35.7 Å². The molecule has 11 nitrogen and oxygen atoms in total. The Morgan fingerprint density at radius 3 is 2.61 bits per heavy atom. The summed E-state index contributed by atoms with van der Waals surface area (Å²) in [6.45, 7) is 3.33. The molecule has 0 aliphatic carbocycles. The number of ether oxygens (including phenoxy) is 2. The van der Waals surface area contributed by atoms with Crippen LogP contribution in [0, 0.1) is 5.82 Å². The number of carbonyl (C=O) groups is 1. The van der Waals surface area contributed by atoms with Crippen LogP contribution in [0.5, 0.6) is 5.88 Å². The van der Waals surface area contributed by atoms with Crippen molar-refractivity contribution in [3.63, 3.8) is 0 Å². The standard InChI is InChI=1S/C28H28ClFN6O5/c29-18-2-1-17(21(30)13-18)14-36-26(37)6-5-25(33-36)41-19-7-10-34(11-8-19)16-24-31-22-3-4-23(28(38)39)32-27(22)35(24)15-20-9-12-40-20/h1-6,13,19-20H,7-12,14-16H2,(H,38,39). The molecule has 2 fully saturated rings. The van der Waals surface area contributed by atoms with Gasteiger partial charge in [-0.05, 0) is 43.5 Å². The summed E-state index contributed by atoms with van der Waals surface area (Å²) < 4.78 is 29.1. The Morgan fingerprint density at radius 1 is 1.10 bits per heavy atom. The normalized spacial score (nSPS) is 18.0. The van der Waals surface area contributed by atoms with Crippen molar-refractivity contribution in [2.75, 3.05) is 19.7 Å². The van der Waals surface area contributed by atoms with Crippen molar-refractivity contribution in [3.8, 4) is 5.88 Å². The SMILES string of the molecule is O=C(O)c1ccc2nc(CN3CCC(Oc4ccc(=O)n(Cc5ccc(Cl)cc5F)n4)CC3)n(CC3CCO3)c2n1. The first-order valence-electron chi connectivity index (χ1n) is 13.4. The molecular weight excluding hydrogens is 555 g/mol. The van der Waals surface area contributed by atoms with Crippen LogP contribution >= 0.6 is 11.6 Å². The molecular formula is C28H28ClFN6O5. The average molecular weight is 583 g/mol. The summed E-state index contributed by atoms with van der Waals surface area (Å²) in [7, 11) is 0. The summed E-state index contributed by atoms with van der Waals surface area (Å²) in [5, 5.41) is 14.0. The fourth-order valence-corrected chi connectivity index (χ4v) is 5.24. The summed E-state index contributed by atoms with van der Waals surface area (Å²) in [5.41, 5.74) is 1.13. The van der Waals surface area contributed by atoms with Crippen molar-refractivity contribution < 1.29 is 23.8 Å². The zero-order valence-electron chi connectivity index (χ0n) is 22.1. The Morgan fingerprint density at radius 2 is 1.90 bits per heavy atom. The lowest BCUT2D eigenvalue weighted by atomic mass is 10.1. The number of nitrogens with zero attached hydrogens (tertiary/aromatic N) is 6. The first-order valence-corrected chi connectivity index (χ1v) is 13.8. The second-order valence-corrected chi connectivity index (χ2v) is 10.7. The molecule has 214 valence electrons. The third-order valence-electron chi connectivity index (χ3n) is 7.43. The van der Waals surface area contributed by atoms with E-state index in [2.05, 4.69) is 15.0 Å².